The third-order valence-corrected chi connectivity index (χ3v) is 2.70. The minimum atomic E-state index is -0.377. The molecular formula is C13H22O4. The van der Waals surface area contributed by atoms with E-state index in [1.165, 1.54) is 14.2 Å². The van der Waals surface area contributed by atoms with Gasteiger partial charge in [0, 0.05) is 5.57 Å². The Labute approximate surface area is 103 Å². The molecule has 1 atom stereocenters. The van der Waals surface area contributed by atoms with Crippen molar-refractivity contribution in [2.75, 3.05) is 14.2 Å². The maximum absolute atomic E-state index is 11.6. The fourth-order valence-corrected chi connectivity index (χ4v) is 1.64. The van der Waals surface area contributed by atoms with Crippen LogP contribution in [0.25, 0.3) is 0 Å². The highest BCUT2D eigenvalue weighted by Crippen LogP contribution is 2.20. The van der Waals surface area contributed by atoms with Gasteiger partial charge in [0.05, 0.1) is 20.1 Å². The summed E-state index contributed by atoms with van der Waals surface area (Å²) in [7, 11) is 2.71. The van der Waals surface area contributed by atoms with Crippen molar-refractivity contribution in [2.24, 2.45) is 5.92 Å². The monoisotopic (exact) mass is 242 g/mol. The van der Waals surface area contributed by atoms with Gasteiger partial charge in [0.25, 0.3) is 0 Å². The maximum Gasteiger partial charge on any atom is 0.333 e. The number of rotatable bonds is 7. The number of hydrogen-bond donors (Lipinski definition) is 0. The fraction of sp³-hybridized carbons (Fsp3) is 0.692. The predicted molar refractivity (Wildman–Crippen MR) is 65.4 cm³/mol. The summed E-state index contributed by atoms with van der Waals surface area (Å²) < 4.78 is 9.41. The number of methoxy groups -OCH3 is 2. The molecule has 0 fully saturated rings. The zero-order valence-electron chi connectivity index (χ0n) is 11.1. The van der Waals surface area contributed by atoms with Crippen molar-refractivity contribution in [3.63, 3.8) is 0 Å². The molecule has 17 heavy (non-hydrogen) atoms. The van der Waals surface area contributed by atoms with Gasteiger partial charge in [0.2, 0.25) is 0 Å². The van der Waals surface area contributed by atoms with Crippen LogP contribution in [0, 0.1) is 5.92 Å². The van der Waals surface area contributed by atoms with Crippen molar-refractivity contribution in [3.8, 4) is 0 Å². The van der Waals surface area contributed by atoms with Crippen molar-refractivity contribution in [1.29, 1.82) is 0 Å². The Bertz CT molecular complexity index is 281. The van der Waals surface area contributed by atoms with Crippen LogP contribution in [0.5, 0.6) is 0 Å². The summed E-state index contributed by atoms with van der Waals surface area (Å²) in [5.41, 5.74) is 0.527. The van der Waals surface area contributed by atoms with E-state index in [0.717, 1.165) is 19.3 Å². The second-order valence-electron chi connectivity index (χ2n) is 3.87. The van der Waals surface area contributed by atoms with Crippen LogP contribution in [0.4, 0.5) is 0 Å². The molecule has 4 heteroatoms. The van der Waals surface area contributed by atoms with Gasteiger partial charge in [-0.25, -0.2) is 4.79 Å². The van der Waals surface area contributed by atoms with E-state index in [-0.39, 0.29) is 17.9 Å². The highest BCUT2D eigenvalue weighted by Gasteiger charge is 2.22. The molecule has 0 aromatic carbocycles. The van der Waals surface area contributed by atoms with Crippen LogP contribution >= 0.6 is 0 Å². The number of unbranched alkanes of at least 4 members (excludes halogenated alkanes) is 1. The molecule has 0 amide bonds. The lowest BCUT2D eigenvalue weighted by atomic mass is 9.94. The molecule has 0 aliphatic carbocycles. The topological polar surface area (TPSA) is 52.6 Å². The van der Waals surface area contributed by atoms with Crippen LogP contribution in [-0.2, 0) is 19.1 Å². The summed E-state index contributed by atoms with van der Waals surface area (Å²) in [4.78, 5) is 23.0. The van der Waals surface area contributed by atoms with Crippen LogP contribution in [0.1, 0.15) is 39.5 Å². The van der Waals surface area contributed by atoms with Crippen LogP contribution in [0.15, 0.2) is 11.6 Å². The van der Waals surface area contributed by atoms with Crippen molar-refractivity contribution >= 4 is 11.9 Å². The standard InChI is InChI=1S/C13H22O4/c1-5-7-8-11(13(15)17-4)9-10(6-2)12(14)16-3/h6,11H,5,7-9H2,1-4H3/b10-6-/t11-/m0/s1. The van der Waals surface area contributed by atoms with Gasteiger partial charge in [-0.2, -0.15) is 0 Å². The third-order valence-electron chi connectivity index (χ3n) is 2.70. The fourth-order valence-electron chi connectivity index (χ4n) is 1.64. The molecule has 4 nitrogen and oxygen atoms in total. The lowest BCUT2D eigenvalue weighted by molar-refractivity contribution is -0.145. The molecule has 0 aliphatic heterocycles. The average Bonchev–Trinajstić information content (AvgIpc) is 2.37. The van der Waals surface area contributed by atoms with Crippen molar-refractivity contribution in [2.45, 2.75) is 39.5 Å². The van der Waals surface area contributed by atoms with E-state index in [4.69, 9.17) is 4.74 Å². The quantitative estimate of drug-likeness (QED) is 0.508. The Kier molecular flexibility index (Phi) is 8.11. The molecule has 0 saturated carbocycles. The molecule has 0 N–H and O–H groups in total. The minimum absolute atomic E-state index is 0.259. The van der Waals surface area contributed by atoms with Gasteiger partial charge in [0.1, 0.15) is 0 Å². The Morgan fingerprint density at radius 3 is 2.29 bits per heavy atom. The van der Waals surface area contributed by atoms with Gasteiger partial charge < -0.3 is 9.47 Å². The Hall–Kier alpha value is -1.32. The number of carbonyl (C=O) groups is 2. The SMILES string of the molecule is C/C=C(/C[C@H](CCCC)C(=O)OC)C(=O)OC. The third kappa shape index (κ3) is 5.52. The van der Waals surface area contributed by atoms with Crippen LogP contribution in [-0.4, -0.2) is 26.2 Å². The Balaban J connectivity index is 4.60. The molecule has 0 unspecified atom stereocenters. The van der Waals surface area contributed by atoms with E-state index in [1.807, 2.05) is 0 Å². The van der Waals surface area contributed by atoms with Crippen molar-refractivity contribution in [3.05, 3.63) is 11.6 Å². The maximum atomic E-state index is 11.6. The van der Waals surface area contributed by atoms with Gasteiger partial charge in [-0.05, 0) is 19.8 Å². The molecular weight excluding hydrogens is 220 g/mol. The summed E-state index contributed by atoms with van der Waals surface area (Å²) in [5, 5.41) is 0. The lowest BCUT2D eigenvalue weighted by Gasteiger charge is -2.15. The first-order chi connectivity index (χ1) is 8.10. The van der Waals surface area contributed by atoms with Crippen LogP contribution in [0.3, 0.4) is 0 Å². The molecule has 0 heterocycles. The number of esters is 2. The summed E-state index contributed by atoms with van der Waals surface area (Å²) in [6.07, 6.45) is 4.76. The van der Waals surface area contributed by atoms with E-state index >= 15 is 0 Å². The molecule has 0 aliphatic rings. The highest BCUT2D eigenvalue weighted by molar-refractivity contribution is 5.89. The van der Waals surface area contributed by atoms with E-state index in [1.54, 1.807) is 13.0 Å². The van der Waals surface area contributed by atoms with Gasteiger partial charge in [-0.15, -0.1) is 0 Å². The van der Waals surface area contributed by atoms with Crippen molar-refractivity contribution in [1.82, 2.24) is 0 Å². The minimum Gasteiger partial charge on any atom is -0.469 e. The number of hydrogen-bond acceptors (Lipinski definition) is 4. The zero-order valence-corrected chi connectivity index (χ0v) is 11.1. The second-order valence-corrected chi connectivity index (χ2v) is 3.87. The number of carbonyl (C=O) groups excluding carboxylic acids is 2. The van der Waals surface area contributed by atoms with E-state index in [2.05, 4.69) is 11.7 Å². The van der Waals surface area contributed by atoms with Crippen molar-refractivity contribution < 1.29 is 19.1 Å². The first-order valence-electron chi connectivity index (χ1n) is 5.91. The van der Waals surface area contributed by atoms with E-state index < -0.39 is 0 Å². The van der Waals surface area contributed by atoms with Gasteiger partial charge in [0.15, 0.2) is 0 Å². The van der Waals surface area contributed by atoms with Gasteiger partial charge >= 0.3 is 11.9 Å². The molecule has 0 saturated heterocycles. The molecule has 0 bridgehead atoms. The summed E-state index contributed by atoms with van der Waals surface area (Å²) >= 11 is 0. The Morgan fingerprint density at radius 2 is 1.88 bits per heavy atom. The molecule has 0 aromatic heterocycles. The van der Waals surface area contributed by atoms with E-state index in [0.29, 0.717) is 12.0 Å². The Morgan fingerprint density at radius 1 is 1.24 bits per heavy atom. The molecule has 98 valence electrons. The summed E-state index contributed by atoms with van der Waals surface area (Å²) in [5.74, 6) is -0.898. The highest BCUT2D eigenvalue weighted by atomic mass is 16.5. The summed E-state index contributed by atoms with van der Waals surface area (Å²) in [6, 6.07) is 0. The smallest absolute Gasteiger partial charge is 0.333 e. The first kappa shape index (κ1) is 15.7. The predicted octanol–water partition coefficient (Wildman–Crippen LogP) is 2.48. The molecule has 0 rings (SSSR count). The number of ether oxygens (including phenoxy) is 2. The summed E-state index contributed by atoms with van der Waals surface area (Å²) in [6.45, 7) is 3.83. The molecule has 0 aromatic rings. The van der Waals surface area contributed by atoms with Crippen LogP contribution in [0.2, 0.25) is 0 Å². The number of allylic oxidation sites excluding steroid dienone is 1. The molecule has 0 spiro atoms. The van der Waals surface area contributed by atoms with Gasteiger partial charge in [-0.1, -0.05) is 25.8 Å². The first-order valence-corrected chi connectivity index (χ1v) is 5.91. The largest absolute Gasteiger partial charge is 0.469 e. The normalized spacial score (nSPS) is 13.1. The lowest BCUT2D eigenvalue weighted by Crippen LogP contribution is -2.19. The second kappa shape index (κ2) is 8.79. The zero-order chi connectivity index (χ0) is 13.3. The van der Waals surface area contributed by atoms with E-state index in [9.17, 15) is 9.59 Å². The molecule has 0 radical (unpaired) electrons. The average molecular weight is 242 g/mol. The van der Waals surface area contributed by atoms with Crippen LogP contribution < -0.4 is 0 Å². The van der Waals surface area contributed by atoms with Gasteiger partial charge in [-0.3, -0.25) is 4.79 Å².